The molecule has 6 heteroatoms. The Bertz CT molecular complexity index is 1610. The van der Waals surface area contributed by atoms with Gasteiger partial charge in [-0.2, -0.15) is 0 Å². The van der Waals surface area contributed by atoms with Gasteiger partial charge in [0.15, 0.2) is 0 Å². The molecule has 1 aliphatic rings. The van der Waals surface area contributed by atoms with Gasteiger partial charge in [-0.1, -0.05) is 60.7 Å². The number of para-hydroxylation sites is 1. The quantitative estimate of drug-likeness (QED) is 0.203. The molecule has 1 saturated heterocycles. The Hall–Kier alpha value is -4.58. The molecular weight excluding hydrogens is 440 g/mol. The lowest BCUT2D eigenvalue weighted by Crippen LogP contribution is -2.31. The number of hydrogen-bond acceptors (Lipinski definition) is 4. The number of nitrogens with zero attached hydrogens (tertiary/aromatic N) is 1. The number of aliphatic hydroxyl groups is 1. The monoisotopic (exact) mass is 462 g/mol. The third-order valence-corrected chi connectivity index (χ3v) is 6.69. The summed E-state index contributed by atoms with van der Waals surface area (Å²) in [5, 5.41) is 14.2. The number of hydrogen-bond donors (Lipinski definition) is 2. The van der Waals surface area contributed by atoms with Crippen molar-refractivity contribution in [3.05, 3.63) is 114 Å². The zero-order chi connectivity index (χ0) is 23.9. The van der Waals surface area contributed by atoms with Crippen LogP contribution in [0, 0.1) is 0 Å². The number of aliphatic hydroxyl groups excluding tert-OH is 1. The highest BCUT2D eigenvalue weighted by atomic mass is 16.3. The average Bonchev–Trinajstić information content (AvgIpc) is 3.62. The Balaban J connectivity index is 1.44. The smallest absolute Gasteiger partial charge is 0.295 e. The number of furan rings is 1. The Kier molecular flexibility index (Phi) is 4.99. The Morgan fingerprint density at radius 3 is 2.51 bits per heavy atom. The lowest BCUT2D eigenvalue weighted by molar-refractivity contribution is -0.140. The van der Waals surface area contributed by atoms with E-state index in [0.29, 0.717) is 24.3 Å². The van der Waals surface area contributed by atoms with Gasteiger partial charge in [0.05, 0.1) is 11.8 Å². The van der Waals surface area contributed by atoms with Gasteiger partial charge in [-0.25, -0.2) is 0 Å². The van der Waals surface area contributed by atoms with Gasteiger partial charge in [-0.15, -0.1) is 0 Å². The molecule has 3 aromatic carbocycles. The molecule has 0 saturated carbocycles. The van der Waals surface area contributed by atoms with Crippen molar-refractivity contribution in [3.8, 4) is 0 Å². The van der Waals surface area contributed by atoms with Crippen molar-refractivity contribution in [3.63, 3.8) is 0 Å². The molecule has 3 heterocycles. The summed E-state index contributed by atoms with van der Waals surface area (Å²) in [6.45, 7) is 0.296. The molecule has 2 aromatic heterocycles. The van der Waals surface area contributed by atoms with Crippen molar-refractivity contribution in [2.75, 3.05) is 6.54 Å². The maximum Gasteiger partial charge on any atom is 0.295 e. The summed E-state index contributed by atoms with van der Waals surface area (Å²) in [4.78, 5) is 31.3. The van der Waals surface area contributed by atoms with Gasteiger partial charge < -0.3 is 19.4 Å². The number of amides is 1. The molecule has 1 atom stereocenters. The Morgan fingerprint density at radius 2 is 1.69 bits per heavy atom. The fourth-order valence-corrected chi connectivity index (χ4v) is 5.01. The van der Waals surface area contributed by atoms with E-state index in [1.807, 2.05) is 66.9 Å². The number of benzene rings is 3. The van der Waals surface area contributed by atoms with Crippen LogP contribution in [0.1, 0.15) is 22.9 Å². The summed E-state index contributed by atoms with van der Waals surface area (Å²) in [6, 6.07) is 23.7. The summed E-state index contributed by atoms with van der Waals surface area (Å²) in [5.74, 6) is -1.12. The van der Waals surface area contributed by atoms with Crippen molar-refractivity contribution in [1.82, 2.24) is 9.88 Å². The largest absolute Gasteiger partial charge is 0.507 e. The summed E-state index contributed by atoms with van der Waals surface area (Å²) >= 11 is 0. The minimum Gasteiger partial charge on any atom is -0.507 e. The highest BCUT2D eigenvalue weighted by Crippen LogP contribution is 2.40. The second-order valence-electron chi connectivity index (χ2n) is 8.64. The van der Waals surface area contributed by atoms with Gasteiger partial charge >= 0.3 is 0 Å². The molecule has 5 aromatic rings. The molecule has 1 aliphatic heterocycles. The molecule has 0 aliphatic carbocycles. The number of ketones is 1. The van der Waals surface area contributed by atoms with Crippen LogP contribution in [0.2, 0.25) is 0 Å². The first-order chi connectivity index (χ1) is 17.1. The van der Waals surface area contributed by atoms with Crippen LogP contribution in [-0.2, 0) is 16.0 Å². The number of aromatic amines is 1. The summed E-state index contributed by atoms with van der Waals surface area (Å²) in [6.07, 6.45) is 3.98. The van der Waals surface area contributed by atoms with Gasteiger partial charge in [0, 0.05) is 29.2 Å². The SMILES string of the molecule is O=C1C(=O)N(CCc2c[nH]c3ccccc23)C(c2ccco2)/C1=C(/O)c1cccc2ccccc12. The zero-order valence-corrected chi connectivity index (χ0v) is 18.8. The number of H-pyrrole nitrogens is 1. The summed E-state index contributed by atoms with van der Waals surface area (Å²) < 4.78 is 5.66. The minimum absolute atomic E-state index is 0.0419. The molecule has 1 fully saturated rings. The number of rotatable bonds is 5. The van der Waals surface area contributed by atoms with Crippen LogP contribution >= 0.6 is 0 Å². The van der Waals surface area contributed by atoms with Crippen molar-refractivity contribution < 1.29 is 19.1 Å². The van der Waals surface area contributed by atoms with Crippen LogP contribution in [0.5, 0.6) is 0 Å². The highest BCUT2D eigenvalue weighted by molar-refractivity contribution is 6.46. The van der Waals surface area contributed by atoms with E-state index in [0.717, 1.165) is 27.2 Å². The van der Waals surface area contributed by atoms with Crippen molar-refractivity contribution in [2.24, 2.45) is 0 Å². The Morgan fingerprint density at radius 1 is 0.914 bits per heavy atom. The van der Waals surface area contributed by atoms with E-state index in [1.54, 1.807) is 18.2 Å². The molecule has 6 rings (SSSR count). The van der Waals surface area contributed by atoms with Gasteiger partial charge in [0.1, 0.15) is 17.6 Å². The normalized spacial score (nSPS) is 17.6. The van der Waals surface area contributed by atoms with E-state index in [4.69, 9.17) is 4.42 Å². The number of nitrogens with one attached hydrogen (secondary N) is 1. The molecular formula is C29H22N2O4. The van der Waals surface area contributed by atoms with Crippen molar-refractivity contribution >= 4 is 39.1 Å². The Labute approximate surface area is 201 Å². The van der Waals surface area contributed by atoms with Crippen LogP contribution in [0.4, 0.5) is 0 Å². The molecule has 1 amide bonds. The fourth-order valence-electron chi connectivity index (χ4n) is 5.01. The summed E-state index contributed by atoms with van der Waals surface area (Å²) in [5.41, 5.74) is 2.62. The van der Waals surface area contributed by atoms with E-state index < -0.39 is 17.7 Å². The second-order valence-corrected chi connectivity index (χ2v) is 8.64. The lowest BCUT2D eigenvalue weighted by atomic mass is 9.96. The molecule has 6 nitrogen and oxygen atoms in total. The lowest BCUT2D eigenvalue weighted by Gasteiger charge is -2.23. The molecule has 35 heavy (non-hydrogen) atoms. The van der Waals surface area contributed by atoms with Crippen LogP contribution in [0.15, 0.2) is 101 Å². The number of carbonyl (C=O) groups excluding carboxylic acids is 2. The summed E-state index contributed by atoms with van der Waals surface area (Å²) in [7, 11) is 0. The molecule has 2 N–H and O–H groups in total. The van der Waals surface area contributed by atoms with Gasteiger partial charge in [0.2, 0.25) is 0 Å². The van der Waals surface area contributed by atoms with E-state index in [1.165, 1.54) is 11.2 Å². The molecule has 0 bridgehead atoms. The van der Waals surface area contributed by atoms with E-state index in [2.05, 4.69) is 4.98 Å². The molecule has 0 spiro atoms. The van der Waals surface area contributed by atoms with Crippen LogP contribution in [0.3, 0.4) is 0 Å². The maximum atomic E-state index is 13.3. The first kappa shape index (κ1) is 21.0. The number of carbonyl (C=O) groups is 2. The number of aromatic nitrogens is 1. The van der Waals surface area contributed by atoms with Crippen LogP contribution in [-0.4, -0.2) is 33.2 Å². The standard InChI is InChI=1S/C29H22N2O4/c32-27(22-11-5-8-18-7-1-2-9-20(18)22)25-26(24-13-6-16-35-24)31(29(34)28(25)33)15-14-19-17-30-23-12-4-3-10-21(19)23/h1-13,16-17,26,30,32H,14-15H2/b27-25-. The first-order valence-corrected chi connectivity index (χ1v) is 11.5. The van der Waals surface area contributed by atoms with Crippen molar-refractivity contribution in [2.45, 2.75) is 12.5 Å². The van der Waals surface area contributed by atoms with Crippen LogP contribution in [0.25, 0.3) is 27.4 Å². The van der Waals surface area contributed by atoms with Gasteiger partial charge in [-0.05, 0) is 41.0 Å². The number of fused-ring (bicyclic) bond motifs is 2. The molecule has 172 valence electrons. The van der Waals surface area contributed by atoms with Gasteiger partial charge in [0.25, 0.3) is 11.7 Å². The second kappa shape index (κ2) is 8.33. The fraction of sp³-hybridized carbons (Fsp3) is 0.103. The maximum absolute atomic E-state index is 13.3. The molecule has 1 unspecified atom stereocenters. The van der Waals surface area contributed by atoms with E-state index in [9.17, 15) is 14.7 Å². The van der Waals surface area contributed by atoms with E-state index >= 15 is 0 Å². The number of Topliss-reactive ketones (excluding diaryl/α,β-unsaturated/α-hetero) is 1. The predicted molar refractivity (Wildman–Crippen MR) is 134 cm³/mol. The minimum atomic E-state index is -0.811. The third-order valence-electron chi connectivity index (χ3n) is 6.69. The first-order valence-electron chi connectivity index (χ1n) is 11.5. The average molecular weight is 463 g/mol. The van der Waals surface area contributed by atoms with E-state index in [-0.39, 0.29) is 11.3 Å². The predicted octanol–water partition coefficient (Wildman–Crippen LogP) is 5.58. The van der Waals surface area contributed by atoms with Crippen LogP contribution < -0.4 is 0 Å². The van der Waals surface area contributed by atoms with Gasteiger partial charge in [-0.3, -0.25) is 9.59 Å². The molecule has 0 radical (unpaired) electrons. The highest BCUT2D eigenvalue weighted by Gasteiger charge is 2.47. The topological polar surface area (TPSA) is 86.5 Å². The van der Waals surface area contributed by atoms with Crippen molar-refractivity contribution in [1.29, 1.82) is 0 Å². The number of likely N-dealkylation sites (tertiary alicyclic amines) is 1. The third kappa shape index (κ3) is 3.42. The zero-order valence-electron chi connectivity index (χ0n) is 18.8.